The van der Waals surface area contributed by atoms with Gasteiger partial charge in [-0.15, -0.1) is 0 Å². The second-order valence-corrected chi connectivity index (χ2v) is 5.01. The van der Waals surface area contributed by atoms with E-state index in [1.165, 1.54) is 19.3 Å². The average molecular weight is 262 g/mol. The molecule has 0 radical (unpaired) electrons. The molecule has 0 saturated heterocycles. The highest BCUT2D eigenvalue weighted by Crippen LogP contribution is 2.26. The fourth-order valence-electron chi connectivity index (χ4n) is 1.73. The van der Waals surface area contributed by atoms with Gasteiger partial charge >= 0.3 is 0 Å². The lowest BCUT2D eigenvalue weighted by atomic mass is 9.85. The zero-order valence-corrected chi connectivity index (χ0v) is 10.6. The van der Waals surface area contributed by atoms with E-state index in [4.69, 9.17) is 0 Å². The Labute approximate surface area is 95.2 Å². The molecule has 1 saturated carbocycles. The summed E-state index contributed by atoms with van der Waals surface area (Å²) in [5, 5.41) is 1.01. The van der Waals surface area contributed by atoms with E-state index >= 15 is 0 Å². The first-order chi connectivity index (χ1) is 6.74. The molecule has 2 nitrogen and oxygen atoms in total. The molecule has 3 heteroatoms. The summed E-state index contributed by atoms with van der Waals surface area (Å²) < 4.78 is 0. The van der Waals surface area contributed by atoms with Gasteiger partial charge in [-0.3, -0.25) is 4.79 Å². The number of hydrogen-bond acceptors (Lipinski definition) is 1. The maximum atomic E-state index is 11.6. The fourth-order valence-corrected chi connectivity index (χ4v) is 2.12. The number of halogens is 1. The van der Waals surface area contributed by atoms with Gasteiger partial charge in [0.25, 0.3) is 0 Å². The minimum atomic E-state index is 0.317. The zero-order valence-electron chi connectivity index (χ0n) is 8.97. The SMILES string of the molecule is CN(CC1CCC1)C(=O)CCCCBr. The third-order valence-electron chi connectivity index (χ3n) is 2.96. The first kappa shape index (κ1) is 12.0. The number of rotatable bonds is 6. The van der Waals surface area contributed by atoms with Crippen LogP contribution in [0.15, 0.2) is 0 Å². The van der Waals surface area contributed by atoms with Crippen LogP contribution in [-0.4, -0.2) is 29.7 Å². The summed E-state index contributed by atoms with van der Waals surface area (Å²) in [7, 11) is 1.94. The van der Waals surface area contributed by atoms with E-state index in [1.54, 1.807) is 0 Å². The van der Waals surface area contributed by atoms with Crippen molar-refractivity contribution in [1.29, 1.82) is 0 Å². The van der Waals surface area contributed by atoms with E-state index in [2.05, 4.69) is 15.9 Å². The normalized spacial score (nSPS) is 16.4. The summed E-state index contributed by atoms with van der Waals surface area (Å²) in [6.45, 7) is 0.979. The van der Waals surface area contributed by atoms with Crippen LogP contribution in [0.5, 0.6) is 0 Å². The monoisotopic (exact) mass is 261 g/mol. The Morgan fingerprint density at radius 3 is 2.64 bits per heavy atom. The number of carbonyl (C=O) groups excluding carboxylic acids is 1. The van der Waals surface area contributed by atoms with Crippen molar-refractivity contribution in [3.8, 4) is 0 Å². The molecule has 0 bridgehead atoms. The Morgan fingerprint density at radius 1 is 1.43 bits per heavy atom. The first-order valence-electron chi connectivity index (χ1n) is 5.54. The molecule has 1 fully saturated rings. The van der Waals surface area contributed by atoms with Gasteiger partial charge in [0.1, 0.15) is 0 Å². The number of alkyl halides is 1. The van der Waals surface area contributed by atoms with Gasteiger partial charge in [-0.25, -0.2) is 0 Å². The highest BCUT2D eigenvalue weighted by Gasteiger charge is 2.20. The van der Waals surface area contributed by atoms with E-state index in [0.717, 1.165) is 37.1 Å². The number of nitrogens with zero attached hydrogens (tertiary/aromatic N) is 1. The Hall–Kier alpha value is -0.0500. The average Bonchev–Trinajstić information content (AvgIpc) is 2.11. The Bertz CT molecular complexity index is 180. The summed E-state index contributed by atoms with van der Waals surface area (Å²) in [6.07, 6.45) is 6.82. The lowest BCUT2D eigenvalue weighted by molar-refractivity contribution is -0.130. The molecule has 0 aromatic rings. The van der Waals surface area contributed by atoms with Crippen LogP contribution in [-0.2, 0) is 4.79 Å². The highest BCUT2D eigenvalue weighted by atomic mass is 79.9. The predicted molar refractivity (Wildman–Crippen MR) is 62.6 cm³/mol. The molecule has 0 N–H and O–H groups in total. The largest absolute Gasteiger partial charge is 0.345 e. The standard InChI is InChI=1S/C11H20BrNO/c1-13(9-10-5-4-6-10)11(14)7-2-3-8-12/h10H,2-9H2,1H3. The van der Waals surface area contributed by atoms with Crippen LogP contribution in [0.25, 0.3) is 0 Å². The molecule has 0 aliphatic heterocycles. The van der Waals surface area contributed by atoms with Crippen molar-refractivity contribution in [2.24, 2.45) is 5.92 Å². The smallest absolute Gasteiger partial charge is 0.222 e. The Kier molecular flexibility index (Phi) is 5.53. The number of carbonyl (C=O) groups is 1. The molecule has 0 atom stereocenters. The van der Waals surface area contributed by atoms with Crippen molar-refractivity contribution < 1.29 is 4.79 Å². The highest BCUT2D eigenvalue weighted by molar-refractivity contribution is 9.09. The van der Waals surface area contributed by atoms with Crippen LogP contribution < -0.4 is 0 Å². The molecule has 0 unspecified atom stereocenters. The topological polar surface area (TPSA) is 20.3 Å². The molecule has 1 aliphatic rings. The van der Waals surface area contributed by atoms with E-state index in [1.807, 2.05) is 11.9 Å². The van der Waals surface area contributed by atoms with Crippen LogP contribution in [0.2, 0.25) is 0 Å². The molecular weight excluding hydrogens is 242 g/mol. The zero-order chi connectivity index (χ0) is 10.4. The Morgan fingerprint density at radius 2 is 2.14 bits per heavy atom. The van der Waals surface area contributed by atoms with Crippen LogP contribution in [0, 0.1) is 5.92 Å². The maximum absolute atomic E-state index is 11.6. The van der Waals surface area contributed by atoms with Gasteiger partial charge in [-0.1, -0.05) is 22.4 Å². The van der Waals surface area contributed by atoms with Crippen molar-refractivity contribution in [3.05, 3.63) is 0 Å². The van der Waals surface area contributed by atoms with Crippen molar-refractivity contribution in [2.75, 3.05) is 18.9 Å². The van der Waals surface area contributed by atoms with E-state index in [9.17, 15) is 4.79 Å². The number of unbranched alkanes of at least 4 members (excludes halogenated alkanes) is 1. The molecule has 82 valence electrons. The third kappa shape index (κ3) is 3.99. The first-order valence-corrected chi connectivity index (χ1v) is 6.66. The van der Waals surface area contributed by atoms with Gasteiger partial charge in [0.2, 0.25) is 5.91 Å². The lowest BCUT2D eigenvalue weighted by Gasteiger charge is -2.30. The summed E-state index contributed by atoms with van der Waals surface area (Å²) in [6, 6.07) is 0. The van der Waals surface area contributed by atoms with Crippen LogP contribution in [0.1, 0.15) is 38.5 Å². The van der Waals surface area contributed by atoms with Gasteiger partial charge in [0, 0.05) is 25.3 Å². The van der Waals surface area contributed by atoms with Crippen LogP contribution in [0.3, 0.4) is 0 Å². The van der Waals surface area contributed by atoms with Crippen LogP contribution in [0.4, 0.5) is 0 Å². The second kappa shape index (κ2) is 6.44. The molecule has 0 aromatic carbocycles. The van der Waals surface area contributed by atoms with Crippen LogP contribution >= 0.6 is 15.9 Å². The van der Waals surface area contributed by atoms with Gasteiger partial charge in [-0.2, -0.15) is 0 Å². The molecule has 14 heavy (non-hydrogen) atoms. The summed E-state index contributed by atoms with van der Waals surface area (Å²) in [5.41, 5.74) is 0. The van der Waals surface area contributed by atoms with Crippen molar-refractivity contribution in [3.63, 3.8) is 0 Å². The predicted octanol–water partition coefficient (Wildman–Crippen LogP) is 2.81. The van der Waals surface area contributed by atoms with E-state index in [-0.39, 0.29) is 0 Å². The quantitative estimate of drug-likeness (QED) is 0.532. The van der Waals surface area contributed by atoms with E-state index < -0.39 is 0 Å². The van der Waals surface area contributed by atoms with Crippen molar-refractivity contribution in [2.45, 2.75) is 38.5 Å². The summed E-state index contributed by atoms with van der Waals surface area (Å²) >= 11 is 3.37. The molecule has 1 amide bonds. The minimum absolute atomic E-state index is 0.317. The fraction of sp³-hybridized carbons (Fsp3) is 0.909. The number of amides is 1. The molecule has 1 rings (SSSR count). The maximum Gasteiger partial charge on any atom is 0.222 e. The molecule has 1 aliphatic carbocycles. The van der Waals surface area contributed by atoms with Crippen molar-refractivity contribution >= 4 is 21.8 Å². The lowest BCUT2D eigenvalue weighted by Crippen LogP contribution is -2.34. The Balaban J connectivity index is 2.08. The summed E-state index contributed by atoms with van der Waals surface area (Å²) in [5.74, 6) is 1.11. The summed E-state index contributed by atoms with van der Waals surface area (Å²) in [4.78, 5) is 13.5. The third-order valence-corrected chi connectivity index (χ3v) is 3.52. The minimum Gasteiger partial charge on any atom is -0.345 e. The molecular formula is C11H20BrNO. The van der Waals surface area contributed by atoms with Crippen molar-refractivity contribution in [1.82, 2.24) is 4.90 Å². The van der Waals surface area contributed by atoms with E-state index in [0.29, 0.717) is 5.91 Å². The molecule has 0 spiro atoms. The molecule has 0 heterocycles. The van der Waals surface area contributed by atoms with Gasteiger partial charge in [0.15, 0.2) is 0 Å². The number of hydrogen-bond donors (Lipinski definition) is 0. The van der Waals surface area contributed by atoms with Gasteiger partial charge in [0.05, 0.1) is 0 Å². The van der Waals surface area contributed by atoms with Gasteiger partial charge in [-0.05, 0) is 31.6 Å². The molecule has 0 aromatic heterocycles. The van der Waals surface area contributed by atoms with Gasteiger partial charge < -0.3 is 4.90 Å². The second-order valence-electron chi connectivity index (χ2n) is 4.22.